The molecule has 1 aliphatic carbocycles. The molecule has 1 aromatic carbocycles. The molecule has 0 unspecified atom stereocenters. The van der Waals surface area contributed by atoms with Crippen molar-refractivity contribution < 1.29 is 9.18 Å². The number of fused-ring (bicyclic) bond motifs is 1. The number of nitrogens with zero attached hydrogens (tertiary/aromatic N) is 3. The van der Waals surface area contributed by atoms with Crippen LogP contribution >= 0.6 is 0 Å². The van der Waals surface area contributed by atoms with Gasteiger partial charge in [-0.1, -0.05) is 0 Å². The molecule has 2 heterocycles. The van der Waals surface area contributed by atoms with Crippen LogP contribution in [0.15, 0.2) is 35.4 Å². The van der Waals surface area contributed by atoms with Crippen LogP contribution in [0.5, 0.6) is 0 Å². The van der Waals surface area contributed by atoms with Crippen LogP contribution in [-0.4, -0.2) is 20.9 Å². The molecule has 1 aliphatic rings. The maximum absolute atomic E-state index is 13.7. The summed E-state index contributed by atoms with van der Waals surface area (Å²) in [6, 6.07) is 5.62. The van der Waals surface area contributed by atoms with Crippen LogP contribution in [0.25, 0.3) is 10.9 Å². The Bertz CT molecular complexity index is 1220. The topological polar surface area (TPSA) is 112 Å². The Morgan fingerprint density at radius 3 is 2.66 bits per heavy atom. The highest BCUT2D eigenvalue weighted by atomic mass is 19.1. The van der Waals surface area contributed by atoms with Crippen molar-refractivity contribution >= 4 is 16.8 Å². The average molecular weight is 391 g/mol. The highest BCUT2D eigenvalue weighted by Crippen LogP contribution is 2.49. The Balaban J connectivity index is 1.67. The van der Waals surface area contributed by atoms with E-state index in [1.54, 1.807) is 13.8 Å². The van der Waals surface area contributed by atoms with Crippen LogP contribution in [-0.2, 0) is 10.2 Å². The number of halogens is 1. The predicted octanol–water partition coefficient (Wildman–Crippen LogP) is 2.55. The number of aromatic amines is 1. The first kappa shape index (κ1) is 18.7. The van der Waals surface area contributed by atoms with Gasteiger partial charge in [-0.25, -0.2) is 14.4 Å². The van der Waals surface area contributed by atoms with Crippen LogP contribution in [0.2, 0.25) is 0 Å². The summed E-state index contributed by atoms with van der Waals surface area (Å²) in [5.74, 6) is -0.318. The van der Waals surface area contributed by atoms with Gasteiger partial charge in [-0.2, -0.15) is 5.26 Å². The summed E-state index contributed by atoms with van der Waals surface area (Å²) >= 11 is 0. The van der Waals surface area contributed by atoms with E-state index < -0.39 is 17.3 Å². The monoisotopic (exact) mass is 391 g/mol. The van der Waals surface area contributed by atoms with Crippen LogP contribution in [0.3, 0.4) is 0 Å². The normalized spacial score (nSPS) is 15.5. The quantitative estimate of drug-likeness (QED) is 0.710. The number of carbonyl (C=O) groups excluding carboxylic acids is 1. The lowest BCUT2D eigenvalue weighted by atomic mass is 9.90. The molecule has 0 aliphatic heterocycles. The summed E-state index contributed by atoms with van der Waals surface area (Å²) < 4.78 is 13.7. The lowest BCUT2D eigenvalue weighted by molar-refractivity contribution is -0.124. The molecule has 1 amide bonds. The second-order valence-electron chi connectivity index (χ2n) is 7.36. The molecule has 1 saturated carbocycles. The summed E-state index contributed by atoms with van der Waals surface area (Å²) in [5, 5.41) is 12.3. The molecule has 146 valence electrons. The summed E-state index contributed by atoms with van der Waals surface area (Å²) in [6.07, 6.45) is 3.85. The standard InChI is InChI=1S/C21H18FN5O2/c1-11-15-7-14(22)3-4-16(15)27-19(28)17(11)21(5-6-21)20(29)26-12(2)18-24-9-13(8-23)10-25-18/h3-4,7,9-10,12H,5-6H2,1-2H3,(H,26,29)(H,27,28)/t12-/m0/s1. The molecular weight excluding hydrogens is 373 g/mol. The Labute approximate surface area is 165 Å². The minimum absolute atomic E-state index is 0.290. The number of hydrogen-bond donors (Lipinski definition) is 2. The van der Waals surface area contributed by atoms with Crippen LogP contribution in [0.4, 0.5) is 4.39 Å². The fraction of sp³-hybridized carbons (Fsp3) is 0.286. The predicted molar refractivity (Wildman–Crippen MR) is 103 cm³/mol. The SMILES string of the molecule is Cc1c(C2(C(=O)N[C@@H](C)c3ncc(C#N)cn3)CC2)c(=O)[nH]c2ccc(F)cc12. The van der Waals surface area contributed by atoms with Crippen molar-refractivity contribution in [2.24, 2.45) is 0 Å². The average Bonchev–Trinajstić information content (AvgIpc) is 3.50. The van der Waals surface area contributed by atoms with Crippen molar-refractivity contribution in [2.45, 2.75) is 38.1 Å². The van der Waals surface area contributed by atoms with E-state index >= 15 is 0 Å². The molecule has 0 saturated heterocycles. The van der Waals surface area contributed by atoms with Crippen LogP contribution < -0.4 is 10.9 Å². The minimum Gasteiger partial charge on any atom is -0.346 e. The summed E-state index contributed by atoms with van der Waals surface area (Å²) in [5.41, 5.74) is 0.569. The first-order valence-corrected chi connectivity index (χ1v) is 9.21. The zero-order valence-electron chi connectivity index (χ0n) is 15.9. The van der Waals surface area contributed by atoms with Gasteiger partial charge in [0.25, 0.3) is 5.56 Å². The van der Waals surface area contributed by atoms with Crippen molar-refractivity contribution in [1.82, 2.24) is 20.3 Å². The Morgan fingerprint density at radius 2 is 2.03 bits per heavy atom. The van der Waals surface area contributed by atoms with Crippen LogP contribution in [0.1, 0.15) is 48.3 Å². The number of H-pyrrole nitrogens is 1. The van der Waals surface area contributed by atoms with Gasteiger partial charge in [-0.05, 0) is 50.5 Å². The van der Waals surface area contributed by atoms with E-state index in [2.05, 4.69) is 20.3 Å². The van der Waals surface area contributed by atoms with E-state index in [4.69, 9.17) is 5.26 Å². The van der Waals surface area contributed by atoms with E-state index in [0.717, 1.165) is 0 Å². The molecule has 7 nitrogen and oxygen atoms in total. The van der Waals surface area contributed by atoms with E-state index in [-0.39, 0.29) is 11.5 Å². The number of nitrogens with one attached hydrogen (secondary N) is 2. The second-order valence-corrected chi connectivity index (χ2v) is 7.36. The second kappa shape index (κ2) is 6.78. The molecule has 3 aromatic rings. The molecule has 8 heteroatoms. The number of aromatic nitrogens is 3. The van der Waals surface area contributed by atoms with E-state index in [1.165, 1.54) is 30.6 Å². The maximum Gasteiger partial charge on any atom is 0.252 e. The minimum atomic E-state index is -0.945. The molecule has 1 atom stereocenters. The van der Waals surface area contributed by atoms with Crippen molar-refractivity contribution in [3.05, 3.63) is 69.3 Å². The van der Waals surface area contributed by atoms with E-state index in [9.17, 15) is 14.0 Å². The Morgan fingerprint density at radius 1 is 1.34 bits per heavy atom. The first-order chi connectivity index (χ1) is 13.9. The smallest absolute Gasteiger partial charge is 0.252 e. The molecular formula is C21H18FN5O2. The number of pyridine rings is 1. The molecule has 29 heavy (non-hydrogen) atoms. The zero-order valence-corrected chi connectivity index (χ0v) is 15.9. The molecule has 4 rings (SSSR count). The van der Waals surface area contributed by atoms with Gasteiger partial charge in [0, 0.05) is 28.9 Å². The number of amides is 1. The Kier molecular flexibility index (Phi) is 4.38. The van der Waals surface area contributed by atoms with Gasteiger partial charge in [0.15, 0.2) is 0 Å². The Hall–Kier alpha value is -3.60. The molecule has 0 spiro atoms. The number of aryl methyl sites for hydroxylation is 1. The van der Waals surface area contributed by atoms with E-state index in [0.29, 0.717) is 46.3 Å². The largest absolute Gasteiger partial charge is 0.346 e. The fourth-order valence-electron chi connectivity index (χ4n) is 3.74. The van der Waals surface area contributed by atoms with Gasteiger partial charge in [-0.15, -0.1) is 0 Å². The van der Waals surface area contributed by atoms with Crippen molar-refractivity contribution in [1.29, 1.82) is 5.26 Å². The molecule has 1 fully saturated rings. The molecule has 2 N–H and O–H groups in total. The number of nitriles is 1. The van der Waals surface area contributed by atoms with Gasteiger partial charge in [0.2, 0.25) is 5.91 Å². The number of benzene rings is 1. The lowest BCUT2D eigenvalue weighted by Gasteiger charge is -2.21. The van der Waals surface area contributed by atoms with Crippen molar-refractivity contribution in [2.75, 3.05) is 0 Å². The van der Waals surface area contributed by atoms with Gasteiger partial charge in [0.1, 0.15) is 17.7 Å². The maximum atomic E-state index is 13.7. The molecule has 2 aromatic heterocycles. The third kappa shape index (κ3) is 3.14. The zero-order chi connectivity index (χ0) is 20.8. The summed E-state index contributed by atoms with van der Waals surface area (Å²) in [7, 11) is 0. The van der Waals surface area contributed by atoms with Crippen molar-refractivity contribution in [3.63, 3.8) is 0 Å². The molecule has 0 radical (unpaired) electrons. The number of rotatable bonds is 4. The van der Waals surface area contributed by atoms with Gasteiger partial charge in [-0.3, -0.25) is 9.59 Å². The van der Waals surface area contributed by atoms with Gasteiger partial charge in [0.05, 0.1) is 17.0 Å². The van der Waals surface area contributed by atoms with Gasteiger partial charge < -0.3 is 10.3 Å². The van der Waals surface area contributed by atoms with Gasteiger partial charge >= 0.3 is 0 Å². The lowest BCUT2D eigenvalue weighted by Crippen LogP contribution is -2.40. The fourth-order valence-corrected chi connectivity index (χ4v) is 3.74. The highest BCUT2D eigenvalue weighted by molar-refractivity contribution is 5.94. The molecule has 0 bridgehead atoms. The third-order valence-electron chi connectivity index (χ3n) is 5.43. The van der Waals surface area contributed by atoms with E-state index in [1.807, 2.05) is 6.07 Å². The van der Waals surface area contributed by atoms with Crippen LogP contribution in [0, 0.1) is 24.1 Å². The number of carbonyl (C=O) groups is 1. The number of hydrogen-bond acceptors (Lipinski definition) is 5. The summed E-state index contributed by atoms with van der Waals surface area (Å²) in [4.78, 5) is 36.8. The summed E-state index contributed by atoms with van der Waals surface area (Å²) in [6.45, 7) is 3.48. The highest BCUT2D eigenvalue weighted by Gasteiger charge is 2.54. The first-order valence-electron chi connectivity index (χ1n) is 9.21. The third-order valence-corrected chi connectivity index (χ3v) is 5.43. The van der Waals surface area contributed by atoms with Crippen molar-refractivity contribution in [3.8, 4) is 6.07 Å².